The van der Waals surface area contributed by atoms with Crippen LogP contribution in [-0.4, -0.2) is 29.3 Å². The molecule has 0 saturated heterocycles. The first kappa shape index (κ1) is 15.0. The van der Waals surface area contributed by atoms with Crippen LogP contribution in [0, 0.1) is 6.92 Å². The molecule has 1 unspecified atom stereocenters. The minimum atomic E-state index is 0.480. The number of aryl methyl sites for hydroxylation is 2. The highest BCUT2D eigenvalue weighted by atomic mass is 16.5. The van der Waals surface area contributed by atoms with E-state index in [4.69, 9.17) is 4.74 Å². The Morgan fingerprint density at radius 3 is 2.89 bits per heavy atom. The van der Waals surface area contributed by atoms with E-state index in [1.165, 1.54) is 19.3 Å². The number of imidazole rings is 1. The normalized spacial score (nSPS) is 12.7. The van der Waals surface area contributed by atoms with Crippen molar-refractivity contribution in [3.05, 3.63) is 11.9 Å². The van der Waals surface area contributed by atoms with Gasteiger partial charge in [-0.15, -0.1) is 0 Å². The SMILES string of the molecule is CCCCC(C)Nc1nc(C)cn1CCCOC. The van der Waals surface area contributed by atoms with Gasteiger partial charge in [0.25, 0.3) is 0 Å². The predicted molar refractivity (Wildman–Crippen MR) is 76.1 cm³/mol. The third kappa shape index (κ3) is 5.08. The summed E-state index contributed by atoms with van der Waals surface area (Å²) in [5, 5.41) is 3.50. The Hall–Kier alpha value is -1.03. The summed E-state index contributed by atoms with van der Waals surface area (Å²) in [5.74, 6) is 0.993. The summed E-state index contributed by atoms with van der Waals surface area (Å²) in [6, 6.07) is 0.480. The molecule has 0 bridgehead atoms. The third-order valence-electron chi connectivity index (χ3n) is 3.01. The van der Waals surface area contributed by atoms with Crippen LogP contribution in [0.2, 0.25) is 0 Å². The van der Waals surface area contributed by atoms with Crippen molar-refractivity contribution in [1.29, 1.82) is 0 Å². The highest BCUT2D eigenvalue weighted by molar-refractivity contribution is 5.29. The molecule has 1 rings (SSSR count). The van der Waals surface area contributed by atoms with Crippen molar-refractivity contribution in [1.82, 2.24) is 9.55 Å². The lowest BCUT2D eigenvalue weighted by molar-refractivity contribution is 0.190. The molecule has 4 heteroatoms. The number of nitrogens with one attached hydrogen (secondary N) is 1. The molecule has 0 aliphatic carbocycles. The zero-order valence-electron chi connectivity index (χ0n) is 12.2. The Labute approximate surface area is 111 Å². The third-order valence-corrected chi connectivity index (χ3v) is 3.01. The van der Waals surface area contributed by atoms with Gasteiger partial charge in [0, 0.05) is 32.5 Å². The van der Waals surface area contributed by atoms with Crippen molar-refractivity contribution in [2.24, 2.45) is 0 Å². The molecular formula is C14H27N3O. The smallest absolute Gasteiger partial charge is 0.203 e. The van der Waals surface area contributed by atoms with E-state index >= 15 is 0 Å². The number of methoxy groups -OCH3 is 1. The Morgan fingerprint density at radius 1 is 1.44 bits per heavy atom. The van der Waals surface area contributed by atoms with Gasteiger partial charge < -0.3 is 14.6 Å². The average molecular weight is 253 g/mol. The van der Waals surface area contributed by atoms with Crippen LogP contribution in [0.1, 0.15) is 45.2 Å². The summed E-state index contributed by atoms with van der Waals surface area (Å²) in [4.78, 5) is 4.55. The van der Waals surface area contributed by atoms with Crippen molar-refractivity contribution in [2.45, 2.75) is 59.0 Å². The Bertz CT molecular complexity index is 336. The second-order valence-corrected chi connectivity index (χ2v) is 4.93. The van der Waals surface area contributed by atoms with Gasteiger partial charge in [0.2, 0.25) is 5.95 Å². The number of nitrogens with zero attached hydrogens (tertiary/aromatic N) is 2. The maximum atomic E-state index is 5.09. The van der Waals surface area contributed by atoms with Crippen molar-refractivity contribution in [3.8, 4) is 0 Å². The molecule has 0 aliphatic heterocycles. The maximum absolute atomic E-state index is 5.09. The fraction of sp³-hybridized carbons (Fsp3) is 0.786. The van der Waals surface area contributed by atoms with Gasteiger partial charge in [-0.3, -0.25) is 0 Å². The number of aromatic nitrogens is 2. The fourth-order valence-corrected chi connectivity index (χ4v) is 2.01. The van der Waals surface area contributed by atoms with Crippen LogP contribution >= 0.6 is 0 Å². The Balaban J connectivity index is 2.52. The maximum Gasteiger partial charge on any atom is 0.203 e. The number of anilines is 1. The zero-order valence-corrected chi connectivity index (χ0v) is 12.2. The second-order valence-electron chi connectivity index (χ2n) is 4.93. The van der Waals surface area contributed by atoms with E-state index in [-0.39, 0.29) is 0 Å². The minimum Gasteiger partial charge on any atom is -0.385 e. The molecule has 1 aromatic heterocycles. The van der Waals surface area contributed by atoms with E-state index in [0.29, 0.717) is 6.04 Å². The number of hydrogen-bond donors (Lipinski definition) is 1. The van der Waals surface area contributed by atoms with Crippen molar-refractivity contribution >= 4 is 5.95 Å². The predicted octanol–water partition coefficient (Wildman–Crippen LogP) is 3.22. The molecule has 1 heterocycles. The molecule has 0 saturated carbocycles. The molecule has 0 fully saturated rings. The second kappa shape index (κ2) is 8.14. The van der Waals surface area contributed by atoms with Crippen LogP contribution in [0.5, 0.6) is 0 Å². The first-order valence-corrected chi connectivity index (χ1v) is 6.96. The van der Waals surface area contributed by atoms with Crippen molar-refractivity contribution < 1.29 is 4.74 Å². The largest absolute Gasteiger partial charge is 0.385 e. The molecule has 1 atom stereocenters. The molecular weight excluding hydrogens is 226 g/mol. The van der Waals surface area contributed by atoms with E-state index in [0.717, 1.165) is 31.2 Å². The van der Waals surface area contributed by atoms with Gasteiger partial charge in [-0.05, 0) is 26.7 Å². The van der Waals surface area contributed by atoms with Crippen molar-refractivity contribution in [2.75, 3.05) is 19.0 Å². The van der Waals surface area contributed by atoms with E-state index in [2.05, 4.69) is 34.9 Å². The van der Waals surface area contributed by atoms with E-state index in [1.807, 2.05) is 6.92 Å². The molecule has 1 aromatic rings. The van der Waals surface area contributed by atoms with Crippen LogP contribution in [0.3, 0.4) is 0 Å². The Kier molecular flexibility index (Phi) is 6.80. The van der Waals surface area contributed by atoms with Gasteiger partial charge in [-0.1, -0.05) is 19.8 Å². The van der Waals surface area contributed by atoms with E-state index in [9.17, 15) is 0 Å². The Morgan fingerprint density at radius 2 is 2.22 bits per heavy atom. The summed E-state index contributed by atoms with van der Waals surface area (Å²) in [7, 11) is 1.74. The monoisotopic (exact) mass is 253 g/mol. The van der Waals surface area contributed by atoms with Crippen LogP contribution in [-0.2, 0) is 11.3 Å². The van der Waals surface area contributed by atoms with Gasteiger partial charge in [-0.25, -0.2) is 4.98 Å². The van der Waals surface area contributed by atoms with Gasteiger partial charge in [0.05, 0.1) is 5.69 Å². The topological polar surface area (TPSA) is 39.1 Å². The molecule has 1 N–H and O–H groups in total. The summed E-state index contributed by atoms with van der Waals surface area (Å²) in [6.07, 6.45) is 6.82. The highest BCUT2D eigenvalue weighted by Gasteiger charge is 2.08. The number of unbranched alkanes of at least 4 members (excludes halogenated alkanes) is 1. The lowest BCUT2D eigenvalue weighted by Crippen LogP contribution is -2.18. The summed E-state index contributed by atoms with van der Waals surface area (Å²) < 4.78 is 7.28. The van der Waals surface area contributed by atoms with E-state index < -0.39 is 0 Å². The summed E-state index contributed by atoms with van der Waals surface area (Å²) in [6.45, 7) is 8.23. The van der Waals surface area contributed by atoms with Gasteiger partial charge >= 0.3 is 0 Å². The number of rotatable bonds is 9. The average Bonchev–Trinajstić information content (AvgIpc) is 2.67. The molecule has 0 spiro atoms. The standard InChI is InChI=1S/C14H27N3O/c1-5-6-8-12(2)15-14-16-13(3)11-17(14)9-7-10-18-4/h11-12H,5-10H2,1-4H3,(H,15,16). The quantitative estimate of drug-likeness (QED) is 0.687. The van der Waals surface area contributed by atoms with Gasteiger partial charge in [0.1, 0.15) is 0 Å². The number of ether oxygens (including phenoxy) is 1. The molecule has 4 nitrogen and oxygen atoms in total. The number of hydrogen-bond acceptors (Lipinski definition) is 3. The summed E-state index contributed by atoms with van der Waals surface area (Å²) in [5.41, 5.74) is 1.07. The van der Waals surface area contributed by atoms with Crippen LogP contribution < -0.4 is 5.32 Å². The first-order chi connectivity index (χ1) is 8.67. The van der Waals surface area contributed by atoms with Gasteiger partial charge in [0.15, 0.2) is 0 Å². The molecule has 0 aliphatic rings. The molecule has 18 heavy (non-hydrogen) atoms. The van der Waals surface area contributed by atoms with Crippen LogP contribution in [0.15, 0.2) is 6.20 Å². The molecule has 104 valence electrons. The lowest BCUT2D eigenvalue weighted by atomic mass is 10.1. The lowest BCUT2D eigenvalue weighted by Gasteiger charge is -2.15. The van der Waals surface area contributed by atoms with Gasteiger partial charge in [-0.2, -0.15) is 0 Å². The van der Waals surface area contributed by atoms with Crippen LogP contribution in [0.4, 0.5) is 5.95 Å². The molecule has 0 radical (unpaired) electrons. The van der Waals surface area contributed by atoms with Crippen molar-refractivity contribution in [3.63, 3.8) is 0 Å². The van der Waals surface area contributed by atoms with Crippen LogP contribution in [0.25, 0.3) is 0 Å². The molecule has 0 amide bonds. The minimum absolute atomic E-state index is 0.480. The highest BCUT2D eigenvalue weighted by Crippen LogP contribution is 2.12. The summed E-state index contributed by atoms with van der Waals surface area (Å²) >= 11 is 0. The van der Waals surface area contributed by atoms with E-state index in [1.54, 1.807) is 7.11 Å². The zero-order chi connectivity index (χ0) is 13.4. The first-order valence-electron chi connectivity index (χ1n) is 6.96. The molecule has 0 aromatic carbocycles. The fourth-order valence-electron chi connectivity index (χ4n) is 2.01.